The molecular weight excluding hydrogens is 380 g/mol. The van der Waals surface area contributed by atoms with E-state index in [-0.39, 0.29) is 17.5 Å². The molecule has 0 radical (unpaired) electrons. The summed E-state index contributed by atoms with van der Waals surface area (Å²) in [7, 11) is -2.92. The average Bonchev–Trinajstić information content (AvgIpc) is 2.82. The van der Waals surface area contributed by atoms with E-state index in [4.69, 9.17) is 0 Å². The zero-order valence-electron chi connectivity index (χ0n) is 12.6. The number of benzene rings is 1. The first-order valence-electron chi connectivity index (χ1n) is 7.24. The van der Waals surface area contributed by atoms with Crippen molar-refractivity contribution < 1.29 is 8.42 Å². The van der Waals surface area contributed by atoms with E-state index in [1.165, 1.54) is 0 Å². The summed E-state index contributed by atoms with van der Waals surface area (Å²) >= 11 is 3.47. The largest absolute Gasteiger partial charge is 0.350 e. The highest BCUT2D eigenvalue weighted by Gasteiger charge is 2.28. The molecule has 2 heterocycles. The molecule has 1 aliphatic rings. The lowest BCUT2D eigenvalue weighted by atomic mass is 10.2. The second-order valence-electron chi connectivity index (χ2n) is 5.60. The van der Waals surface area contributed by atoms with Crippen LogP contribution in [0.15, 0.2) is 34.9 Å². The summed E-state index contributed by atoms with van der Waals surface area (Å²) in [5, 5.41) is 6.32. The minimum absolute atomic E-state index is 0.120. The maximum Gasteiger partial charge on any atom is 0.224 e. The van der Waals surface area contributed by atoms with Gasteiger partial charge in [0.05, 0.1) is 11.5 Å². The van der Waals surface area contributed by atoms with Crippen LogP contribution in [0.25, 0.3) is 0 Å². The van der Waals surface area contributed by atoms with Gasteiger partial charge in [0.15, 0.2) is 9.84 Å². The Balaban J connectivity index is 1.71. The van der Waals surface area contributed by atoms with Gasteiger partial charge in [-0.15, -0.1) is 0 Å². The molecule has 23 heavy (non-hydrogen) atoms. The molecule has 1 aliphatic heterocycles. The number of hydrogen-bond acceptors (Lipinski definition) is 6. The lowest BCUT2D eigenvalue weighted by Gasteiger charge is -2.12. The first-order chi connectivity index (χ1) is 10.9. The zero-order chi connectivity index (χ0) is 16.4. The Morgan fingerprint density at radius 2 is 2.13 bits per heavy atom. The smallest absolute Gasteiger partial charge is 0.224 e. The van der Waals surface area contributed by atoms with E-state index in [9.17, 15) is 8.42 Å². The first-order valence-corrected chi connectivity index (χ1v) is 9.86. The summed E-state index contributed by atoms with van der Waals surface area (Å²) in [6, 6.07) is 7.60. The van der Waals surface area contributed by atoms with Crippen molar-refractivity contribution in [3.63, 3.8) is 0 Å². The second kappa shape index (κ2) is 6.45. The lowest BCUT2D eigenvalue weighted by Crippen LogP contribution is -2.22. The highest BCUT2D eigenvalue weighted by molar-refractivity contribution is 9.10. The molecular formula is C15H17BrN4O2S. The molecule has 8 heteroatoms. The summed E-state index contributed by atoms with van der Waals surface area (Å²) in [4.78, 5) is 8.55. The van der Waals surface area contributed by atoms with Gasteiger partial charge < -0.3 is 10.6 Å². The van der Waals surface area contributed by atoms with E-state index < -0.39 is 9.84 Å². The molecule has 2 aromatic rings. The molecule has 1 unspecified atom stereocenters. The van der Waals surface area contributed by atoms with Crippen molar-refractivity contribution in [1.29, 1.82) is 0 Å². The summed E-state index contributed by atoms with van der Waals surface area (Å²) < 4.78 is 24.1. The van der Waals surface area contributed by atoms with Crippen molar-refractivity contribution >= 4 is 43.2 Å². The molecule has 1 aromatic heterocycles. The molecule has 0 saturated carbocycles. The fourth-order valence-electron chi connectivity index (χ4n) is 2.46. The van der Waals surface area contributed by atoms with Gasteiger partial charge in [0, 0.05) is 22.4 Å². The predicted octanol–water partition coefficient (Wildman–Crippen LogP) is 2.89. The second-order valence-corrected chi connectivity index (χ2v) is 8.68. The number of nitrogens with one attached hydrogen (secondary N) is 2. The van der Waals surface area contributed by atoms with Gasteiger partial charge in [-0.2, -0.15) is 4.98 Å². The van der Waals surface area contributed by atoms with E-state index in [0.29, 0.717) is 18.2 Å². The maximum absolute atomic E-state index is 11.5. The van der Waals surface area contributed by atoms with Crippen LogP contribution in [0, 0.1) is 6.92 Å². The van der Waals surface area contributed by atoms with Crippen molar-refractivity contribution in [2.75, 3.05) is 22.1 Å². The Morgan fingerprint density at radius 3 is 2.83 bits per heavy atom. The van der Waals surface area contributed by atoms with Crippen LogP contribution in [-0.4, -0.2) is 35.9 Å². The monoisotopic (exact) mass is 396 g/mol. The summed E-state index contributed by atoms with van der Waals surface area (Å²) in [5.74, 6) is 1.46. The fourth-order valence-corrected chi connectivity index (χ4v) is 4.38. The van der Waals surface area contributed by atoms with Crippen LogP contribution in [0.3, 0.4) is 0 Å². The molecule has 1 atom stereocenters. The van der Waals surface area contributed by atoms with Gasteiger partial charge in [0.25, 0.3) is 0 Å². The van der Waals surface area contributed by atoms with E-state index in [0.717, 1.165) is 15.7 Å². The van der Waals surface area contributed by atoms with E-state index in [2.05, 4.69) is 36.5 Å². The highest BCUT2D eigenvalue weighted by atomic mass is 79.9. The Labute approximate surface area is 143 Å². The normalized spacial score (nSPS) is 19.5. The molecule has 122 valence electrons. The van der Waals surface area contributed by atoms with Crippen molar-refractivity contribution in [3.8, 4) is 0 Å². The molecule has 0 amide bonds. The molecule has 0 aliphatic carbocycles. The van der Waals surface area contributed by atoms with Crippen LogP contribution in [0.4, 0.5) is 17.5 Å². The van der Waals surface area contributed by atoms with Crippen LogP contribution in [-0.2, 0) is 9.84 Å². The Kier molecular flexibility index (Phi) is 4.54. The number of aryl methyl sites for hydroxylation is 1. The summed E-state index contributed by atoms with van der Waals surface area (Å²) in [6.45, 7) is 2.02. The fraction of sp³-hybridized carbons (Fsp3) is 0.333. The van der Waals surface area contributed by atoms with Crippen LogP contribution in [0.1, 0.15) is 12.0 Å². The topological polar surface area (TPSA) is 84.0 Å². The molecule has 3 rings (SSSR count). The average molecular weight is 397 g/mol. The van der Waals surface area contributed by atoms with Crippen LogP contribution < -0.4 is 10.6 Å². The third-order valence-electron chi connectivity index (χ3n) is 3.65. The van der Waals surface area contributed by atoms with E-state index in [1.54, 1.807) is 12.3 Å². The third-order valence-corrected chi connectivity index (χ3v) is 6.31. The number of sulfone groups is 1. The number of rotatable bonds is 4. The number of anilines is 3. The van der Waals surface area contributed by atoms with Gasteiger partial charge in [-0.1, -0.05) is 15.9 Å². The molecule has 0 spiro atoms. The van der Waals surface area contributed by atoms with Crippen molar-refractivity contribution in [1.82, 2.24) is 9.97 Å². The summed E-state index contributed by atoms with van der Waals surface area (Å²) in [6.07, 6.45) is 2.24. The van der Waals surface area contributed by atoms with Crippen molar-refractivity contribution in [2.45, 2.75) is 19.4 Å². The number of nitrogens with zero attached hydrogens (tertiary/aromatic N) is 2. The highest BCUT2D eigenvalue weighted by Crippen LogP contribution is 2.23. The van der Waals surface area contributed by atoms with E-state index >= 15 is 0 Å². The van der Waals surface area contributed by atoms with Gasteiger partial charge in [-0.3, -0.25) is 0 Å². The number of aromatic nitrogens is 2. The summed E-state index contributed by atoms with van der Waals surface area (Å²) in [5.41, 5.74) is 2.05. The maximum atomic E-state index is 11.5. The van der Waals surface area contributed by atoms with Crippen molar-refractivity contribution in [2.24, 2.45) is 0 Å². The lowest BCUT2D eigenvalue weighted by molar-refractivity contribution is 0.602. The number of halogens is 1. The predicted molar refractivity (Wildman–Crippen MR) is 94.9 cm³/mol. The van der Waals surface area contributed by atoms with Crippen molar-refractivity contribution in [3.05, 3.63) is 40.5 Å². The Bertz CT molecular complexity index is 826. The molecule has 1 saturated heterocycles. The Hall–Kier alpha value is -1.67. The molecule has 2 N–H and O–H groups in total. The van der Waals surface area contributed by atoms with Crippen LogP contribution >= 0.6 is 15.9 Å². The van der Waals surface area contributed by atoms with Crippen LogP contribution in [0.2, 0.25) is 0 Å². The zero-order valence-corrected chi connectivity index (χ0v) is 15.0. The van der Waals surface area contributed by atoms with Gasteiger partial charge in [-0.25, -0.2) is 13.4 Å². The molecule has 0 bridgehead atoms. The molecule has 1 aromatic carbocycles. The van der Waals surface area contributed by atoms with Gasteiger partial charge in [0.1, 0.15) is 5.82 Å². The molecule has 1 fully saturated rings. The minimum atomic E-state index is -2.92. The Morgan fingerprint density at radius 1 is 1.30 bits per heavy atom. The van der Waals surface area contributed by atoms with Gasteiger partial charge in [0.2, 0.25) is 5.95 Å². The SMILES string of the molecule is Cc1cc(Nc2ccnc(NC3CCS(=O)(=O)C3)n2)ccc1Br. The minimum Gasteiger partial charge on any atom is -0.350 e. The quantitative estimate of drug-likeness (QED) is 0.826. The molecule has 6 nitrogen and oxygen atoms in total. The van der Waals surface area contributed by atoms with Crippen LogP contribution in [0.5, 0.6) is 0 Å². The van der Waals surface area contributed by atoms with Gasteiger partial charge in [-0.05, 0) is 43.2 Å². The number of hydrogen-bond donors (Lipinski definition) is 2. The van der Waals surface area contributed by atoms with E-state index in [1.807, 2.05) is 25.1 Å². The first kappa shape index (κ1) is 16.2. The standard InChI is InChI=1S/C15H17BrN4O2S/c1-10-8-11(2-3-13(10)16)18-14-4-6-17-15(20-14)19-12-5-7-23(21,22)9-12/h2-4,6,8,12H,5,7,9H2,1H3,(H2,17,18,19,20). The third kappa shape index (κ3) is 4.20. The van der Waals surface area contributed by atoms with Gasteiger partial charge >= 0.3 is 0 Å².